The molecule has 0 aliphatic rings. The minimum absolute atomic E-state index is 1.42. The molecule has 0 heterocycles. The van der Waals surface area contributed by atoms with Gasteiger partial charge in [-0.3, -0.25) is 0 Å². The van der Waals surface area contributed by atoms with Crippen molar-refractivity contribution in [1.82, 2.24) is 4.90 Å². The monoisotopic (exact) mass is 549 g/mol. The minimum Gasteiger partial charge on any atom is -0.202 e. The van der Waals surface area contributed by atoms with E-state index in [1.165, 1.54) is 0 Å². The van der Waals surface area contributed by atoms with Gasteiger partial charge in [-0.1, -0.05) is 0 Å². The third kappa shape index (κ3) is 4.23. The summed E-state index contributed by atoms with van der Waals surface area (Å²) in [6.45, 7) is -1.42. The molecule has 0 aromatic carbocycles. The molecule has 0 saturated heterocycles. The molecule has 22 heteroatoms. The van der Waals surface area contributed by atoms with E-state index in [2.05, 4.69) is 0 Å². The Bertz CT molecular complexity index is 646. The van der Waals surface area contributed by atoms with Crippen LogP contribution >= 0.6 is 0 Å². The van der Waals surface area contributed by atoms with Crippen molar-refractivity contribution in [1.29, 1.82) is 0 Å². The van der Waals surface area contributed by atoms with E-state index in [4.69, 9.17) is 0 Å². The third-order valence-electron chi connectivity index (χ3n) is 3.57. The van der Waals surface area contributed by atoms with E-state index in [0.717, 1.165) is 0 Å². The summed E-state index contributed by atoms with van der Waals surface area (Å²) in [5, 5.41) is 0. The van der Waals surface area contributed by atoms with Crippen molar-refractivity contribution in [3.05, 3.63) is 0 Å². The zero-order chi connectivity index (χ0) is 27.7. The van der Waals surface area contributed by atoms with Crippen LogP contribution in [0.2, 0.25) is 0 Å². The van der Waals surface area contributed by atoms with Gasteiger partial charge in [0.1, 0.15) is 0 Å². The van der Waals surface area contributed by atoms with E-state index in [0.29, 0.717) is 0 Å². The standard InChI is InChI=1S/C11H4F21N/c1-3(14,15)5(18,19)7(22,23)10(29,30)33(4(16,17)2(12)13)11(31,32)8(24,25)6(20,21)9(26,27)28/h2H,1H3. The van der Waals surface area contributed by atoms with Gasteiger partial charge in [-0.15, -0.1) is 4.90 Å². The van der Waals surface area contributed by atoms with Crippen LogP contribution in [0.1, 0.15) is 6.92 Å². The first-order valence-electron chi connectivity index (χ1n) is 6.99. The first-order valence-corrected chi connectivity index (χ1v) is 6.99. The summed E-state index contributed by atoms with van der Waals surface area (Å²) in [6.07, 6.45) is -14.4. The van der Waals surface area contributed by atoms with Gasteiger partial charge >= 0.3 is 60.4 Å². The molecule has 33 heavy (non-hydrogen) atoms. The fourth-order valence-corrected chi connectivity index (χ4v) is 1.76. The molecule has 0 aromatic heterocycles. The number of hydrogen-bond donors (Lipinski definition) is 0. The average Bonchev–Trinajstić information content (AvgIpc) is 2.50. The van der Waals surface area contributed by atoms with Crippen LogP contribution in [0.25, 0.3) is 0 Å². The number of nitrogens with zero attached hydrogens (tertiary/aromatic N) is 1. The maximum atomic E-state index is 13.7. The number of halogens is 21. The highest BCUT2D eigenvalue weighted by Gasteiger charge is 2.92. The molecule has 0 aromatic rings. The molecule has 0 unspecified atom stereocenters. The van der Waals surface area contributed by atoms with E-state index in [-0.39, 0.29) is 0 Å². The summed E-state index contributed by atoms with van der Waals surface area (Å²) < 4.78 is 271. The van der Waals surface area contributed by atoms with Crippen LogP contribution in [-0.4, -0.2) is 65.3 Å². The maximum Gasteiger partial charge on any atom is 0.460 e. The molecule has 0 amide bonds. The predicted molar refractivity (Wildman–Crippen MR) is 59.1 cm³/mol. The van der Waals surface area contributed by atoms with E-state index >= 15 is 0 Å². The lowest BCUT2D eigenvalue weighted by molar-refractivity contribution is -0.504. The highest BCUT2D eigenvalue weighted by atomic mass is 19.4. The lowest BCUT2D eigenvalue weighted by Gasteiger charge is -2.47. The molecule has 0 rings (SSSR count). The SMILES string of the molecule is CC(F)(F)C(F)(F)C(F)(F)C(F)(F)N(C(F)(F)C(F)F)C(F)(F)C(F)(F)C(F)(F)C(F)(F)F. The van der Waals surface area contributed by atoms with E-state index in [9.17, 15) is 92.2 Å². The van der Waals surface area contributed by atoms with Crippen molar-refractivity contribution in [2.75, 3.05) is 0 Å². The smallest absolute Gasteiger partial charge is 0.202 e. The van der Waals surface area contributed by atoms with Gasteiger partial charge in [-0.25, -0.2) is 8.78 Å². The van der Waals surface area contributed by atoms with Crippen molar-refractivity contribution in [2.45, 2.75) is 67.3 Å². The molecular weight excluding hydrogens is 545 g/mol. The van der Waals surface area contributed by atoms with Gasteiger partial charge in [-0.2, -0.15) is 83.4 Å². The van der Waals surface area contributed by atoms with Crippen molar-refractivity contribution < 1.29 is 92.2 Å². The molecule has 0 fully saturated rings. The second-order valence-corrected chi connectivity index (χ2v) is 5.99. The van der Waals surface area contributed by atoms with Gasteiger partial charge in [0, 0.05) is 6.92 Å². The highest BCUT2D eigenvalue weighted by Crippen LogP contribution is 2.62. The molecule has 0 aliphatic carbocycles. The summed E-state index contributed by atoms with van der Waals surface area (Å²) in [7, 11) is 0. The van der Waals surface area contributed by atoms with E-state index in [1.807, 2.05) is 0 Å². The fourth-order valence-electron chi connectivity index (χ4n) is 1.76. The van der Waals surface area contributed by atoms with Crippen molar-refractivity contribution >= 4 is 0 Å². The molecular formula is C11H4F21N. The normalized spacial score (nSPS) is 16.7. The van der Waals surface area contributed by atoms with Crippen LogP contribution in [0, 0.1) is 0 Å². The maximum absolute atomic E-state index is 13.7. The summed E-state index contributed by atoms with van der Waals surface area (Å²) in [5.41, 5.74) is 0. The van der Waals surface area contributed by atoms with Crippen LogP contribution < -0.4 is 0 Å². The Hall–Kier alpha value is -1.51. The topological polar surface area (TPSA) is 3.24 Å². The van der Waals surface area contributed by atoms with Gasteiger partial charge in [0.25, 0.3) is 0 Å². The summed E-state index contributed by atoms with van der Waals surface area (Å²) in [5.74, 6) is -40.2. The van der Waals surface area contributed by atoms with Crippen molar-refractivity contribution in [3.8, 4) is 0 Å². The number of hydrogen-bond acceptors (Lipinski definition) is 1. The molecule has 0 saturated carbocycles. The molecule has 0 aliphatic heterocycles. The van der Waals surface area contributed by atoms with Gasteiger partial charge in [0.05, 0.1) is 0 Å². The van der Waals surface area contributed by atoms with Crippen LogP contribution in [0.5, 0.6) is 0 Å². The van der Waals surface area contributed by atoms with Gasteiger partial charge in [-0.05, 0) is 0 Å². The Morgan fingerprint density at radius 1 is 0.455 bits per heavy atom. The predicted octanol–water partition coefficient (Wildman–Crippen LogP) is 7.09. The highest BCUT2D eigenvalue weighted by molar-refractivity contribution is 5.09. The Morgan fingerprint density at radius 3 is 0.939 bits per heavy atom. The van der Waals surface area contributed by atoms with Gasteiger partial charge in [0.15, 0.2) is 0 Å². The number of alkyl halides is 21. The average molecular weight is 549 g/mol. The molecule has 0 N–H and O–H groups in total. The van der Waals surface area contributed by atoms with Gasteiger partial charge < -0.3 is 0 Å². The Kier molecular flexibility index (Phi) is 7.40. The molecule has 200 valence electrons. The van der Waals surface area contributed by atoms with Crippen LogP contribution in [0.3, 0.4) is 0 Å². The van der Waals surface area contributed by atoms with E-state index < -0.39 is 72.2 Å². The molecule has 0 bridgehead atoms. The molecule has 1 nitrogen and oxygen atoms in total. The van der Waals surface area contributed by atoms with Crippen LogP contribution in [-0.2, 0) is 0 Å². The molecule has 0 radical (unpaired) electrons. The molecule has 0 spiro atoms. The zero-order valence-electron chi connectivity index (χ0n) is 14.5. The second kappa shape index (κ2) is 7.75. The van der Waals surface area contributed by atoms with Gasteiger partial charge in [0.2, 0.25) is 0 Å². The van der Waals surface area contributed by atoms with Crippen LogP contribution in [0.15, 0.2) is 0 Å². The fraction of sp³-hybridized carbons (Fsp3) is 1.00. The quantitative estimate of drug-likeness (QED) is 0.220. The number of rotatable bonds is 9. The lowest BCUT2D eigenvalue weighted by Crippen LogP contribution is -2.78. The Balaban J connectivity index is 7.46. The minimum atomic E-state index is -8.90. The first kappa shape index (κ1) is 31.5. The van der Waals surface area contributed by atoms with E-state index in [1.54, 1.807) is 0 Å². The third-order valence-corrected chi connectivity index (χ3v) is 3.57. The summed E-state index contributed by atoms with van der Waals surface area (Å²) >= 11 is 0. The molecule has 0 atom stereocenters. The van der Waals surface area contributed by atoms with Crippen molar-refractivity contribution in [3.63, 3.8) is 0 Å². The van der Waals surface area contributed by atoms with Crippen LogP contribution in [0.4, 0.5) is 92.2 Å². The Labute approximate surface area is 166 Å². The first-order chi connectivity index (χ1) is 13.8. The second-order valence-electron chi connectivity index (χ2n) is 5.99. The van der Waals surface area contributed by atoms with Crippen molar-refractivity contribution in [2.24, 2.45) is 0 Å². The zero-order valence-corrected chi connectivity index (χ0v) is 14.5. The lowest BCUT2D eigenvalue weighted by atomic mass is 10.0. The largest absolute Gasteiger partial charge is 0.460 e. The Morgan fingerprint density at radius 2 is 0.727 bits per heavy atom. The summed E-state index contributed by atoms with van der Waals surface area (Å²) in [6, 6.07) is -25.7. The summed E-state index contributed by atoms with van der Waals surface area (Å²) in [4.78, 5) is -5.09.